The van der Waals surface area contributed by atoms with Crippen molar-refractivity contribution in [3.8, 4) is 0 Å². The number of carbonyl (C=O) groups is 3. The van der Waals surface area contributed by atoms with Crippen LogP contribution in [0.2, 0.25) is 0 Å². The van der Waals surface area contributed by atoms with Crippen LogP contribution >= 0.6 is 24.0 Å². The van der Waals surface area contributed by atoms with Gasteiger partial charge in [-0.05, 0) is 61.2 Å². The van der Waals surface area contributed by atoms with Gasteiger partial charge in [0, 0.05) is 18.7 Å². The van der Waals surface area contributed by atoms with Gasteiger partial charge >= 0.3 is 5.97 Å². The molecule has 0 bridgehead atoms. The lowest BCUT2D eigenvalue weighted by Gasteiger charge is -2.14. The number of thiocarbonyl (C=S) groups is 1. The Bertz CT molecular complexity index is 1160. The summed E-state index contributed by atoms with van der Waals surface area (Å²) in [6, 6.07) is 16.5. The summed E-state index contributed by atoms with van der Waals surface area (Å²) in [7, 11) is 0. The van der Waals surface area contributed by atoms with Gasteiger partial charge in [-0.25, -0.2) is 4.79 Å². The monoisotopic (exact) mass is 522 g/mol. The topological polar surface area (TPSA) is 75.7 Å². The number of esters is 1. The number of hydrogen-bond donors (Lipinski definition) is 1. The molecule has 2 aromatic carbocycles. The van der Waals surface area contributed by atoms with Crippen molar-refractivity contribution >= 4 is 57.8 Å². The van der Waals surface area contributed by atoms with E-state index < -0.39 is 0 Å². The number of nitrogens with one attached hydrogen (secondary N) is 1. The number of anilines is 1. The first-order chi connectivity index (χ1) is 17.4. The molecule has 0 atom stereocenters. The van der Waals surface area contributed by atoms with Gasteiger partial charge in [0.2, 0.25) is 5.91 Å². The number of rotatable bonds is 11. The van der Waals surface area contributed by atoms with Crippen molar-refractivity contribution in [3.63, 3.8) is 0 Å². The minimum atomic E-state index is -0.371. The maximum Gasteiger partial charge on any atom is 0.338 e. The number of carbonyl (C=O) groups excluding carboxylic acids is 3. The van der Waals surface area contributed by atoms with Crippen LogP contribution in [0.4, 0.5) is 5.69 Å². The van der Waals surface area contributed by atoms with E-state index in [-0.39, 0.29) is 24.2 Å². The van der Waals surface area contributed by atoms with Gasteiger partial charge < -0.3 is 10.1 Å². The molecule has 0 aromatic heterocycles. The van der Waals surface area contributed by atoms with Crippen LogP contribution in [-0.2, 0) is 14.3 Å². The minimum Gasteiger partial charge on any atom is -0.462 e. The Hall–Kier alpha value is -3.23. The van der Waals surface area contributed by atoms with Crippen molar-refractivity contribution in [1.29, 1.82) is 0 Å². The Balaban J connectivity index is 1.46. The largest absolute Gasteiger partial charge is 0.462 e. The maximum atomic E-state index is 12.8. The van der Waals surface area contributed by atoms with E-state index in [4.69, 9.17) is 17.0 Å². The molecule has 1 aliphatic heterocycles. The molecule has 1 heterocycles. The molecule has 6 nitrogen and oxygen atoms in total. The van der Waals surface area contributed by atoms with Crippen molar-refractivity contribution in [2.75, 3.05) is 18.5 Å². The van der Waals surface area contributed by atoms with Gasteiger partial charge in [-0.15, -0.1) is 0 Å². The van der Waals surface area contributed by atoms with Crippen LogP contribution in [0.25, 0.3) is 6.08 Å². The lowest BCUT2D eigenvalue weighted by Crippen LogP contribution is -2.29. The summed E-state index contributed by atoms with van der Waals surface area (Å²) in [5.74, 6) is -0.673. The van der Waals surface area contributed by atoms with Crippen molar-refractivity contribution in [2.45, 2.75) is 39.5 Å². The number of allylic oxidation sites excluding steroid dienone is 2. The summed E-state index contributed by atoms with van der Waals surface area (Å²) >= 11 is 6.68. The summed E-state index contributed by atoms with van der Waals surface area (Å²) in [6.45, 7) is 4.75. The lowest BCUT2D eigenvalue weighted by atomic mass is 10.1. The molecule has 0 radical (unpaired) electrons. The van der Waals surface area contributed by atoms with E-state index in [1.54, 1.807) is 29.2 Å². The first kappa shape index (κ1) is 27.4. The van der Waals surface area contributed by atoms with Crippen molar-refractivity contribution in [1.82, 2.24) is 4.90 Å². The first-order valence-corrected chi connectivity index (χ1v) is 13.2. The molecule has 0 saturated carbocycles. The molecule has 36 heavy (non-hydrogen) atoms. The van der Waals surface area contributed by atoms with Crippen LogP contribution in [0.1, 0.15) is 55.5 Å². The number of nitrogens with zero attached hydrogens (tertiary/aromatic N) is 1. The summed E-state index contributed by atoms with van der Waals surface area (Å²) < 4.78 is 5.69. The fourth-order valence-corrected chi connectivity index (χ4v) is 4.82. The molecule has 2 aromatic rings. The number of amides is 2. The minimum absolute atomic E-state index is 0.132. The standard InChI is InChI=1S/C28H30N2O4S2/c1-3-4-17-34-27(33)22-12-14-23(15-13-22)29-25(31)11-8-16-30-26(32)24(36-28(30)35)19-20(2)18-21-9-6-5-7-10-21/h5-7,9-10,12-15,18-19H,3-4,8,11,16-17H2,1-2H3,(H,29,31)/b20-18+,24-19-. The van der Waals surface area contributed by atoms with Crippen LogP contribution in [0.5, 0.6) is 0 Å². The lowest BCUT2D eigenvalue weighted by molar-refractivity contribution is -0.122. The second-order valence-electron chi connectivity index (χ2n) is 8.35. The van der Waals surface area contributed by atoms with Gasteiger partial charge in [-0.1, -0.05) is 73.7 Å². The SMILES string of the molecule is CCCCOC(=O)c1ccc(NC(=O)CCCN2C(=O)/C(=C/C(C)=C/c3ccccc3)SC2=S)cc1. The molecule has 1 N–H and O–H groups in total. The van der Waals surface area contributed by atoms with Crippen LogP contribution in [-0.4, -0.2) is 40.2 Å². The van der Waals surface area contributed by atoms with E-state index in [0.717, 1.165) is 24.0 Å². The first-order valence-electron chi connectivity index (χ1n) is 11.9. The van der Waals surface area contributed by atoms with E-state index in [9.17, 15) is 14.4 Å². The maximum absolute atomic E-state index is 12.8. The second kappa shape index (κ2) is 13.8. The molecular formula is C28H30N2O4S2. The molecule has 3 rings (SSSR count). The van der Waals surface area contributed by atoms with Gasteiger partial charge in [0.15, 0.2) is 0 Å². The smallest absolute Gasteiger partial charge is 0.338 e. The molecular weight excluding hydrogens is 492 g/mol. The fraction of sp³-hybridized carbons (Fsp3) is 0.286. The summed E-state index contributed by atoms with van der Waals surface area (Å²) in [5, 5.41) is 2.81. The summed E-state index contributed by atoms with van der Waals surface area (Å²) in [6.07, 6.45) is 6.37. The number of benzene rings is 2. The Morgan fingerprint density at radius 2 is 1.81 bits per heavy atom. The zero-order chi connectivity index (χ0) is 25.9. The Labute approximate surface area is 221 Å². The number of ether oxygens (including phenoxy) is 1. The van der Waals surface area contributed by atoms with E-state index in [0.29, 0.717) is 40.0 Å². The highest BCUT2D eigenvalue weighted by Gasteiger charge is 2.31. The molecule has 0 aliphatic carbocycles. The second-order valence-corrected chi connectivity index (χ2v) is 10.0. The third kappa shape index (κ3) is 8.17. The predicted molar refractivity (Wildman–Crippen MR) is 150 cm³/mol. The quantitative estimate of drug-likeness (QED) is 0.164. The molecule has 1 saturated heterocycles. The third-order valence-corrected chi connectivity index (χ3v) is 6.73. The number of thioether (sulfide) groups is 1. The summed E-state index contributed by atoms with van der Waals surface area (Å²) in [4.78, 5) is 39.3. The molecule has 8 heteroatoms. The Morgan fingerprint density at radius 1 is 1.08 bits per heavy atom. The zero-order valence-corrected chi connectivity index (χ0v) is 22.1. The third-order valence-electron chi connectivity index (χ3n) is 5.35. The van der Waals surface area contributed by atoms with Gasteiger partial charge in [-0.2, -0.15) is 0 Å². The fourth-order valence-electron chi connectivity index (χ4n) is 3.46. The van der Waals surface area contributed by atoms with E-state index in [2.05, 4.69) is 5.32 Å². The molecule has 1 fully saturated rings. The zero-order valence-electron chi connectivity index (χ0n) is 20.5. The molecule has 1 aliphatic rings. The van der Waals surface area contributed by atoms with E-state index in [1.165, 1.54) is 11.8 Å². The van der Waals surface area contributed by atoms with Gasteiger partial charge in [-0.3, -0.25) is 14.5 Å². The van der Waals surface area contributed by atoms with Crippen LogP contribution in [0, 0.1) is 0 Å². The highest BCUT2D eigenvalue weighted by Crippen LogP contribution is 2.32. The van der Waals surface area contributed by atoms with Crippen LogP contribution in [0.3, 0.4) is 0 Å². The number of hydrogen-bond acceptors (Lipinski definition) is 6. The Kier molecular flexibility index (Phi) is 10.5. The van der Waals surface area contributed by atoms with E-state index in [1.807, 2.05) is 56.3 Å². The average Bonchev–Trinajstić information content (AvgIpc) is 3.12. The highest BCUT2D eigenvalue weighted by atomic mass is 32.2. The molecule has 2 amide bonds. The number of unbranched alkanes of at least 4 members (excludes halogenated alkanes) is 1. The normalized spacial score (nSPS) is 14.9. The average molecular weight is 523 g/mol. The molecule has 0 unspecified atom stereocenters. The highest BCUT2D eigenvalue weighted by molar-refractivity contribution is 8.26. The van der Waals surface area contributed by atoms with Gasteiger partial charge in [0.1, 0.15) is 4.32 Å². The van der Waals surface area contributed by atoms with Crippen LogP contribution < -0.4 is 5.32 Å². The van der Waals surface area contributed by atoms with Gasteiger partial charge in [0.05, 0.1) is 17.1 Å². The molecule has 0 spiro atoms. The predicted octanol–water partition coefficient (Wildman–Crippen LogP) is 6.21. The van der Waals surface area contributed by atoms with Crippen molar-refractivity contribution < 1.29 is 19.1 Å². The molecule has 188 valence electrons. The van der Waals surface area contributed by atoms with Crippen molar-refractivity contribution in [3.05, 3.63) is 82.3 Å². The van der Waals surface area contributed by atoms with E-state index >= 15 is 0 Å². The Morgan fingerprint density at radius 3 is 2.50 bits per heavy atom. The van der Waals surface area contributed by atoms with Crippen molar-refractivity contribution in [2.24, 2.45) is 0 Å². The van der Waals surface area contributed by atoms with Gasteiger partial charge in [0.25, 0.3) is 5.91 Å². The van der Waals surface area contributed by atoms with Crippen LogP contribution in [0.15, 0.2) is 71.2 Å². The summed E-state index contributed by atoms with van der Waals surface area (Å²) in [5.41, 5.74) is 3.07.